The van der Waals surface area contributed by atoms with E-state index < -0.39 is 10.0 Å². The van der Waals surface area contributed by atoms with Gasteiger partial charge in [-0.1, -0.05) is 48.5 Å². The standard InChI is InChI=1S/C29H29N5O2S/c30-20-24-13-14-28-25(18-24)21-34(37(35,36)27-10-5-2-6-11-27)26(19-23-8-3-1-4-9-23)22-33(28)17-7-12-29-31-15-16-32-29/h1-6,8-11,13-16,18,26H,7,12,17,19,21-22H2,(H,31,32). The molecule has 1 unspecified atom stereocenters. The molecule has 0 amide bonds. The number of sulfonamides is 1. The number of benzene rings is 3. The number of imidazole rings is 1. The van der Waals surface area contributed by atoms with E-state index in [1.807, 2.05) is 60.8 Å². The summed E-state index contributed by atoms with van der Waals surface area (Å²) >= 11 is 0. The highest BCUT2D eigenvalue weighted by Gasteiger charge is 2.36. The van der Waals surface area contributed by atoms with Gasteiger partial charge in [0.25, 0.3) is 0 Å². The zero-order valence-electron chi connectivity index (χ0n) is 20.5. The van der Waals surface area contributed by atoms with E-state index in [9.17, 15) is 13.7 Å². The van der Waals surface area contributed by atoms with Crippen LogP contribution in [-0.2, 0) is 29.4 Å². The average molecular weight is 512 g/mol. The lowest BCUT2D eigenvalue weighted by atomic mass is 10.1. The minimum Gasteiger partial charge on any atom is -0.370 e. The van der Waals surface area contributed by atoms with Crippen LogP contribution in [0.25, 0.3) is 0 Å². The van der Waals surface area contributed by atoms with Gasteiger partial charge in [0.2, 0.25) is 10.0 Å². The first-order valence-electron chi connectivity index (χ1n) is 12.4. The number of rotatable bonds is 8. The summed E-state index contributed by atoms with van der Waals surface area (Å²) in [6, 6.07) is 26.1. The van der Waals surface area contributed by atoms with Crippen LogP contribution in [0.2, 0.25) is 0 Å². The molecule has 0 fully saturated rings. The quantitative estimate of drug-likeness (QED) is 0.375. The summed E-state index contributed by atoms with van der Waals surface area (Å²) in [6.45, 7) is 1.48. The fourth-order valence-electron chi connectivity index (χ4n) is 4.98. The van der Waals surface area contributed by atoms with E-state index in [-0.39, 0.29) is 17.5 Å². The molecular formula is C29H29N5O2S. The first-order chi connectivity index (χ1) is 18.0. The summed E-state index contributed by atoms with van der Waals surface area (Å²) < 4.78 is 29.6. The molecule has 37 heavy (non-hydrogen) atoms. The Kier molecular flexibility index (Phi) is 7.35. The third-order valence-electron chi connectivity index (χ3n) is 6.77. The number of nitrogens with zero attached hydrogens (tertiary/aromatic N) is 4. The smallest absolute Gasteiger partial charge is 0.243 e. The van der Waals surface area contributed by atoms with Crippen molar-refractivity contribution in [3.63, 3.8) is 0 Å². The van der Waals surface area contributed by atoms with Crippen LogP contribution in [0, 0.1) is 11.3 Å². The van der Waals surface area contributed by atoms with Crippen molar-refractivity contribution in [3.8, 4) is 6.07 Å². The topological polar surface area (TPSA) is 93.1 Å². The lowest BCUT2D eigenvalue weighted by Gasteiger charge is -2.32. The number of hydrogen-bond donors (Lipinski definition) is 1. The van der Waals surface area contributed by atoms with Gasteiger partial charge in [0, 0.05) is 50.2 Å². The Bertz CT molecular complexity index is 1470. The first kappa shape index (κ1) is 24.8. The number of nitrogens with one attached hydrogen (secondary N) is 1. The van der Waals surface area contributed by atoms with E-state index in [1.165, 1.54) is 0 Å². The fraction of sp³-hybridized carbons (Fsp3) is 0.241. The first-order valence-corrected chi connectivity index (χ1v) is 13.9. The second kappa shape index (κ2) is 11.0. The maximum absolute atomic E-state index is 14.0. The number of hydrogen-bond acceptors (Lipinski definition) is 5. The molecule has 2 heterocycles. The fourth-order valence-corrected chi connectivity index (χ4v) is 6.59. The molecule has 1 N–H and O–H groups in total. The van der Waals surface area contributed by atoms with Crippen molar-refractivity contribution in [2.24, 2.45) is 0 Å². The van der Waals surface area contributed by atoms with E-state index >= 15 is 0 Å². The molecule has 5 rings (SSSR count). The third kappa shape index (κ3) is 5.58. The number of anilines is 1. The molecule has 8 heteroatoms. The molecule has 0 bridgehead atoms. The van der Waals surface area contributed by atoms with E-state index in [1.54, 1.807) is 34.8 Å². The molecule has 1 aromatic heterocycles. The van der Waals surface area contributed by atoms with Gasteiger partial charge in [-0.25, -0.2) is 13.4 Å². The summed E-state index contributed by atoms with van der Waals surface area (Å²) in [5.41, 5.74) is 3.42. The summed E-state index contributed by atoms with van der Waals surface area (Å²) in [5, 5.41) is 9.57. The molecule has 4 aromatic rings. The lowest BCUT2D eigenvalue weighted by Crippen LogP contribution is -2.46. The number of H-pyrrole nitrogens is 1. The molecule has 188 valence electrons. The third-order valence-corrected chi connectivity index (χ3v) is 8.69. The van der Waals surface area contributed by atoms with Crippen LogP contribution in [0.3, 0.4) is 0 Å². The predicted molar refractivity (Wildman–Crippen MR) is 143 cm³/mol. The Balaban J connectivity index is 1.54. The van der Waals surface area contributed by atoms with E-state index in [2.05, 4.69) is 20.9 Å². The Morgan fingerprint density at radius 2 is 1.78 bits per heavy atom. The van der Waals surface area contributed by atoms with Crippen molar-refractivity contribution < 1.29 is 8.42 Å². The Hall–Kier alpha value is -3.93. The minimum absolute atomic E-state index is 0.203. The largest absolute Gasteiger partial charge is 0.370 e. The van der Waals surface area contributed by atoms with Crippen molar-refractivity contribution in [1.29, 1.82) is 5.26 Å². The van der Waals surface area contributed by atoms with Gasteiger partial charge in [0.05, 0.1) is 16.5 Å². The van der Waals surface area contributed by atoms with Crippen LogP contribution >= 0.6 is 0 Å². The number of aromatic nitrogens is 2. The van der Waals surface area contributed by atoms with Crippen molar-refractivity contribution >= 4 is 15.7 Å². The molecule has 0 aliphatic carbocycles. The Labute approximate surface area is 218 Å². The summed E-state index contributed by atoms with van der Waals surface area (Å²) in [4.78, 5) is 10.0. The summed E-state index contributed by atoms with van der Waals surface area (Å²) in [5.74, 6) is 0.934. The van der Waals surface area contributed by atoms with Gasteiger partial charge in [-0.3, -0.25) is 0 Å². The van der Waals surface area contributed by atoms with Gasteiger partial charge in [0.15, 0.2) is 0 Å². The molecule has 7 nitrogen and oxygen atoms in total. The van der Waals surface area contributed by atoms with Crippen LogP contribution < -0.4 is 4.90 Å². The summed E-state index contributed by atoms with van der Waals surface area (Å²) in [7, 11) is -3.79. The molecular weight excluding hydrogens is 482 g/mol. The van der Waals surface area contributed by atoms with Gasteiger partial charge >= 0.3 is 0 Å². The monoisotopic (exact) mass is 511 g/mol. The minimum atomic E-state index is -3.79. The van der Waals surface area contributed by atoms with Gasteiger partial charge < -0.3 is 9.88 Å². The van der Waals surface area contributed by atoms with Crippen molar-refractivity contribution in [2.75, 3.05) is 18.0 Å². The van der Waals surface area contributed by atoms with Gasteiger partial charge in [0.1, 0.15) is 5.82 Å². The predicted octanol–water partition coefficient (Wildman–Crippen LogP) is 4.54. The van der Waals surface area contributed by atoms with Crippen molar-refractivity contribution in [2.45, 2.75) is 36.7 Å². The van der Waals surface area contributed by atoms with Crippen LogP contribution in [0.5, 0.6) is 0 Å². The number of aryl methyl sites for hydroxylation is 1. The van der Waals surface area contributed by atoms with E-state index in [0.29, 0.717) is 18.5 Å². The molecule has 1 aliphatic rings. The SMILES string of the molecule is N#Cc1ccc2c(c1)CN(S(=O)(=O)c1ccccc1)C(Cc1ccccc1)CN2CCCc1ncc[nH]1. The maximum atomic E-state index is 14.0. The number of nitriles is 1. The summed E-state index contributed by atoms with van der Waals surface area (Å²) in [6.07, 6.45) is 5.81. The van der Waals surface area contributed by atoms with Crippen LogP contribution in [0.15, 0.2) is 96.2 Å². The van der Waals surface area contributed by atoms with Gasteiger partial charge in [-0.2, -0.15) is 9.57 Å². The second-order valence-electron chi connectivity index (χ2n) is 9.25. The molecule has 3 aromatic carbocycles. The molecule has 0 saturated carbocycles. The molecule has 1 aliphatic heterocycles. The van der Waals surface area contributed by atoms with Crippen LogP contribution in [0.1, 0.15) is 28.9 Å². The van der Waals surface area contributed by atoms with Crippen LogP contribution in [0.4, 0.5) is 5.69 Å². The van der Waals surface area contributed by atoms with Crippen LogP contribution in [-0.4, -0.2) is 41.8 Å². The van der Waals surface area contributed by atoms with Gasteiger partial charge in [-0.15, -0.1) is 0 Å². The lowest BCUT2D eigenvalue weighted by molar-refractivity contribution is 0.318. The van der Waals surface area contributed by atoms with Gasteiger partial charge in [-0.05, 0) is 54.3 Å². The highest BCUT2D eigenvalue weighted by molar-refractivity contribution is 7.89. The second-order valence-corrected chi connectivity index (χ2v) is 11.1. The van der Waals surface area contributed by atoms with Crippen molar-refractivity contribution in [3.05, 3.63) is 114 Å². The van der Waals surface area contributed by atoms with E-state index in [0.717, 1.165) is 42.0 Å². The molecule has 1 atom stereocenters. The molecule has 0 radical (unpaired) electrons. The Morgan fingerprint density at radius 3 is 2.49 bits per heavy atom. The number of aromatic amines is 1. The highest BCUT2D eigenvalue weighted by atomic mass is 32.2. The molecule has 0 saturated heterocycles. The normalized spacial score (nSPS) is 16.1. The molecule has 0 spiro atoms. The van der Waals surface area contributed by atoms with Crippen molar-refractivity contribution in [1.82, 2.24) is 14.3 Å². The average Bonchev–Trinajstić information content (AvgIpc) is 3.40. The van der Waals surface area contributed by atoms with E-state index in [4.69, 9.17) is 0 Å². The maximum Gasteiger partial charge on any atom is 0.243 e. The number of fused-ring (bicyclic) bond motifs is 1. The zero-order valence-corrected chi connectivity index (χ0v) is 21.3. The highest BCUT2D eigenvalue weighted by Crippen LogP contribution is 2.33. The Morgan fingerprint density at radius 1 is 1.03 bits per heavy atom. The zero-order chi connectivity index (χ0) is 25.7.